The molecule has 50 valence electrons. The Balaban J connectivity index is 2.55. The van der Waals surface area contributed by atoms with Gasteiger partial charge in [-0.3, -0.25) is 0 Å². The summed E-state index contributed by atoms with van der Waals surface area (Å²) in [5, 5.41) is 0.116. The number of allylic oxidation sites excluding steroid dienone is 4. The van der Waals surface area contributed by atoms with Gasteiger partial charge in [-0.15, -0.1) is 11.6 Å². The maximum atomic E-state index is 5.78. The van der Waals surface area contributed by atoms with Crippen molar-refractivity contribution in [1.29, 1.82) is 0 Å². The van der Waals surface area contributed by atoms with Crippen LogP contribution in [0.2, 0.25) is 0 Å². The first-order valence-corrected chi connectivity index (χ1v) is 3.32. The lowest BCUT2D eigenvalue weighted by Crippen LogP contribution is -2.01. The van der Waals surface area contributed by atoms with Gasteiger partial charge >= 0.3 is 0 Å². The standard InChI is InChI=1S/C7H9ClO/c1-9-7-4-2-3-6(8)5-7/h2-4,6H,5H2,1H3. The average Bonchev–Trinajstić information content (AvgIpc) is 1.88. The fraction of sp³-hybridized carbons (Fsp3) is 0.429. The lowest BCUT2D eigenvalue weighted by Gasteiger charge is -2.10. The molecule has 0 aromatic rings. The van der Waals surface area contributed by atoms with Crippen molar-refractivity contribution in [2.45, 2.75) is 11.8 Å². The highest BCUT2D eigenvalue weighted by atomic mass is 35.5. The summed E-state index contributed by atoms with van der Waals surface area (Å²) >= 11 is 5.78. The molecule has 1 atom stereocenters. The highest BCUT2D eigenvalue weighted by molar-refractivity contribution is 6.22. The Hall–Kier alpha value is -0.430. The van der Waals surface area contributed by atoms with Crippen LogP contribution in [0.1, 0.15) is 6.42 Å². The van der Waals surface area contributed by atoms with Crippen LogP contribution in [-0.2, 0) is 4.74 Å². The van der Waals surface area contributed by atoms with Crippen LogP contribution in [0.4, 0.5) is 0 Å². The number of hydrogen-bond donors (Lipinski definition) is 0. The third-order valence-electron chi connectivity index (χ3n) is 1.26. The highest BCUT2D eigenvalue weighted by Gasteiger charge is 2.06. The molecule has 0 heterocycles. The predicted octanol–water partition coefficient (Wildman–Crippen LogP) is 2.08. The third kappa shape index (κ3) is 1.75. The Morgan fingerprint density at radius 3 is 3.00 bits per heavy atom. The van der Waals surface area contributed by atoms with Gasteiger partial charge in [0.1, 0.15) is 0 Å². The molecule has 0 aliphatic heterocycles. The van der Waals surface area contributed by atoms with Crippen LogP contribution in [0.25, 0.3) is 0 Å². The summed E-state index contributed by atoms with van der Waals surface area (Å²) in [5.74, 6) is 0.956. The van der Waals surface area contributed by atoms with Crippen LogP contribution < -0.4 is 0 Å². The molecule has 0 radical (unpaired) electrons. The van der Waals surface area contributed by atoms with E-state index in [0.29, 0.717) is 0 Å². The SMILES string of the molecule is COC1=CC=CC(Cl)C1. The average molecular weight is 145 g/mol. The summed E-state index contributed by atoms with van der Waals surface area (Å²) < 4.78 is 4.99. The van der Waals surface area contributed by atoms with E-state index in [0.717, 1.165) is 12.2 Å². The molecule has 0 aromatic carbocycles. The van der Waals surface area contributed by atoms with Crippen LogP contribution in [0.3, 0.4) is 0 Å². The van der Waals surface area contributed by atoms with Gasteiger partial charge < -0.3 is 4.74 Å². The van der Waals surface area contributed by atoms with Gasteiger partial charge in [-0.1, -0.05) is 12.2 Å². The molecule has 0 bridgehead atoms. The molecule has 0 saturated heterocycles. The lowest BCUT2D eigenvalue weighted by atomic mass is 10.1. The molecule has 1 aliphatic rings. The van der Waals surface area contributed by atoms with Gasteiger partial charge in [0.25, 0.3) is 0 Å². The lowest BCUT2D eigenvalue weighted by molar-refractivity contribution is 0.277. The summed E-state index contributed by atoms with van der Waals surface area (Å²) in [6.07, 6.45) is 6.61. The second kappa shape index (κ2) is 2.92. The monoisotopic (exact) mass is 144 g/mol. The van der Waals surface area contributed by atoms with Crippen molar-refractivity contribution < 1.29 is 4.74 Å². The zero-order chi connectivity index (χ0) is 6.69. The molecule has 9 heavy (non-hydrogen) atoms. The quantitative estimate of drug-likeness (QED) is 0.512. The predicted molar refractivity (Wildman–Crippen MR) is 38.5 cm³/mol. The van der Waals surface area contributed by atoms with Crippen molar-refractivity contribution in [3.63, 3.8) is 0 Å². The third-order valence-corrected chi connectivity index (χ3v) is 1.56. The molecule has 2 heteroatoms. The molecule has 1 unspecified atom stereocenters. The molecular weight excluding hydrogens is 136 g/mol. The van der Waals surface area contributed by atoms with Crippen molar-refractivity contribution in [2.75, 3.05) is 7.11 Å². The van der Waals surface area contributed by atoms with Crippen molar-refractivity contribution >= 4 is 11.6 Å². The summed E-state index contributed by atoms with van der Waals surface area (Å²) in [4.78, 5) is 0. The smallest absolute Gasteiger partial charge is 0.0973 e. The van der Waals surface area contributed by atoms with Gasteiger partial charge in [0.05, 0.1) is 18.2 Å². The number of methoxy groups -OCH3 is 1. The molecule has 0 amide bonds. The summed E-state index contributed by atoms with van der Waals surface area (Å²) in [5.41, 5.74) is 0. The summed E-state index contributed by atoms with van der Waals surface area (Å²) in [6.45, 7) is 0. The number of ether oxygens (including phenoxy) is 1. The molecule has 1 nitrogen and oxygen atoms in total. The van der Waals surface area contributed by atoms with Gasteiger partial charge in [-0.25, -0.2) is 0 Å². The van der Waals surface area contributed by atoms with E-state index in [4.69, 9.17) is 16.3 Å². The van der Waals surface area contributed by atoms with E-state index in [9.17, 15) is 0 Å². The van der Waals surface area contributed by atoms with Gasteiger partial charge in [0, 0.05) is 6.42 Å². The Bertz CT molecular complexity index is 149. The minimum Gasteiger partial charge on any atom is -0.501 e. The van der Waals surface area contributed by atoms with Crippen LogP contribution in [0.5, 0.6) is 0 Å². The van der Waals surface area contributed by atoms with E-state index in [-0.39, 0.29) is 5.38 Å². The summed E-state index contributed by atoms with van der Waals surface area (Å²) in [6, 6.07) is 0. The maximum absolute atomic E-state index is 5.78. The Kier molecular flexibility index (Phi) is 2.17. The van der Waals surface area contributed by atoms with Crippen LogP contribution in [0, 0.1) is 0 Å². The largest absolute Gasteiger partial charge is 0.501 e. The van der Waals surface area contributed by atoms with Crippen LogP contribution in [-0.4, -0.2) is 12.5 Å². The first-order chi connectivity index (χ1) is 4.33. The molecule has 0 spiro atoms. The van der Waals surface area contributed by atoms with Gasteiger partial charge in [-0.05, 0) is 6.08 Å². The van der Waals surface area contributed by atoms with E-state index in [1.54, 1.807) is 7.11 Å². The van der Waals surface area contributed by atoms with E-state index in [1.165, 1.54) is 0 Å². The molecule has 0 fully saturated rings. The van der Waals surface area contributed by atoms with E-state index >= 15 is 0 Å². The van der Waals surface area contributed by atoms with E-state index in [2.05, 4.69) is 0 Å². The van der Waals surface area contributed by atoms with Crippen LogP contribution in [0.15, 0.2) is 24.0 Å². The van der Waals surface area contributed by atoms with Gasteiger partial charge in [-0.2, -0.15) is 0 Å². The first-order valence-electron chi connectivity index (χ1n) is 2.88. The number of halogens is 1. The zero-order valence-corrected chi connectivity index (χ0v) is 6.06. The molecule has 0 N–H and O–H groups in total. The minimum absolute atomic E-state index is 0.116. The number of alkyl halides is 1. The minimum atomic E-state index is 0.116. The molecule has 1 aliphatic carbocycles. The van der Waals surface area contributed by atoms with Crippen molar-refractivity contribution in [3.8, 4) is 0 Å². The maximum Gasteiger partial charge on any atom is 0.0973 e. The van der Waals surface area contributed by atoms with E-state index in [1.807, 2.05) is 18.2 Å². The normalized spacial score (nSPS) is 25.6. The molecule has 1 rings (SSSR count). The Morgan fingerprint density at radius 2 is 2.56 bits per heavy atom. The second-order valence-corrected chi connectivity index (χ2v) is 2.50. The second-order valence-electron chi connectivity index (χ2n) is 1.94. The fourth-order valence-electron chi connectivity index (χ4n) is 0.763. The van der Waals surface area contributed by atoms with Crippen molar-refractivity contribution in [1.82, 2.24) is 0 Å². The van der Waals surface area contributed by atoms with Crippen LogP contribution >= 0.6 is 11.6 Å². The summed E-state index contributed by atoms with van der Waals surface area (Å²) in [7, 11) is 1.66. The number of rotatable bonds is 1. The van der Waals surface area contributed by atoms with Gasteiger partial charge in [0.2, 0.25) is 0 Å². The Labute approximate surface area is 60.0 Å². The fourth-order valence-corrected chi connectivity index (χ4v) is 0.999. The molecule has 0 aromatic heterocycles. The first kappa shape index (κ1) is 6.69. The topological polar surface area (TPSA) is 9.23 Å². The molecular formula is C7H9ClO. The van der Waals surface area contributed by atoms with Gasteiger partial charge in [0.15, 0.2) is 0 Å². The van der Waals surface area contributed by atoms with E-state index < -0.39 is 0 Å². The zero-order valence-electron chi connectivity index (χ0n) is 5.30. The highest BCUT2D eigenvalue weighted by Crippen LogP contribution is 2.16. The number of hydrogen-bond acceptors (Lipinski definition) is 1. The molecule has 0 saturated carbocycles. The Morgan fingerprint density at radius 1 is 1.78 bits per heavy atom. The van der Waals surface area contributed by atoms with Crippen molar-refractivity contribution in [3.05, 3.63) is 24.0 Å². The van der Waals surface area contributed by atoms with Crippen molar-refractivity contribution in [2.24, 2.45) is 0 Å².